The van der Waals surface area contributed by atoms with Crippen LogP contribution >= 0.6 is 0 Å². The molecule has 1 aliphatic heterocycles. The fraction of sp³-hybridized carbons (Fsp3) is 0.333. The van der Waals surface area contributed by atoms with E-state index in [4.69, 9.17) is 20.5 Å². The molecule has 3 rings (SSSR count). The van der Waals surface area contributed by atoms with Gasteiger partial charge in [-0.25, -0.2) is 4.98 Å². The van der Waals surface area contributed by atoms with E-state index in [1.54, 1.807) is 36.1 Å². The van der Waals surface area contributed by atoms with Crippen molar-refractivity contribution in [3.05, 3.63) is 52.7 Å². The Morgan fingerprint density at radius 1 is 1.30 bits per heavy atom. The zero-order chi connectivity index (χ0) is 21.5. The third kappa shape index (κ3) is 4.85. The average molecular weight is 409 g/mol. The Bertz CT molecular complexity index is 963. The molecule has 2 amide bonds. The molecule has 156 valence electrons. The molecule has 2 aromatic rings. The van der Waals surface area contributed by atoms with Crippen LogP contribution in [0.3, 0.4) is 0 Å². The Morgan fingerprint density at radius 2 is 2.00 bits per heavy atom. The molecule has 0 saturated carbocycles. The van der Waals surface area contributed by atoms with E-state index in [2.05, 4.69) is 10.3 Å². The van der Waals surface area contributed by atoms with Gasteiger partial charge in [0.15, 0.2) is 0 Å². The van der Waals surface area contributed by atoms with Crippen molar-refractivity contribution in [2.75, 3.05) is 38.6 Å². The number of amides is 2. The van der Waals surface area contributed by atoms with E-state index in [0.29, 0.717) is 38.5 Å². The Kier molecular flexibility index (Phi) is 6.83. The fourth-order valence-corrected chi connectivity index (χ4v) is 3.00. The lowest BCUT2D eigenvalue weighted by molar-refractivity contribution is 0.0303. The molecule has 9 nitrogen and oxygen atoms in total. The molecule has 0 unspecified atom stereocenters. The van der Waals surface area contributed by atoms with Crippen LogP contribution in [-0.4, -0.2) is 54.6 Å². The van der Waals surface area contributed by atoms with Gasteiger partial charge in [0, 0.05) is 25.2 Å². The number of anilines is 1. The van der Waals surface area contributed by atoms with Crippen LogP contribution in [0.25, 0.3) is 0 Å². The Balaban J connectivity index is 1.63. The van der Waals surface area contributed by atoms with Crippen LogP contribution in [0.2, 0.25) is 0 Å². The molecule has 1 saturated heterocycles. The summed E-state index contributed by atoms with van der Waals surface area (Å²) in [5.41, 5.74) is 7.57. The Hall–Kier alpha value is -3.64. The summed E-state index contributed by atoms with van der Waals surface area (Å²) >= 11 is 0. The molecule has 0 spiro atoms. The molecular formula is C21H23N5O4. The van der Waals surface area contributed by atoms with Gasteiger partial charge in [-0.2, -0.15) is 5.26 Å². The Morgan fingerprint density at radius 3 is 2.63 bits per heavy atom. The molecule has 0 bridgehead atoms. The Labute approximate surface area is 174 Å². The van der Waals surface area contributed by atoms with Gasteiger partial charge in [0.05, 0.1) is 25.5 Å². The largest absolute Gasteiger partial charge is 0.477 e. The highest BCUT2D eigenvalue weighted by Crippen LogP contribution is 2.22. The predicted molar refractivity (Wildman–Crippen MR) is 109 cm³/mol. The average Bonchev–Trinajstić information content (AvgIpc) is 2.78. The number of nitriles is 1. The van der Waals surface area contributed by atoms with Crippen molar-refractivity contribution in [1.29, 1.82) is 5.26 Å². The summed E-state index contributed by atoms with van der Waals surface area (Å²) in [6.07, 6.45) is 0. The lowest BCUT2D eigenvalue weighted by atomic mass is 10.1. The number of benzene rings is 1. The lowest BCUT2D eigenvalue weighted by Crippen LogP contribution is -2.40. The smallest absolute Gasteiger partial charge is 0.270 e. The highest BCUT2D eigenvalue weighted by Gasteiger charge is 2.19. The maximum absolute atomic E-state index is 12.5. The predicted octanol–water partition coefficient (Wildman–Crippen LogP) is 1.34. The van der Waals surface area contributed by atoms with Crippen LogP contribution in [0.4, 0.5) is 5.69 Å². The summed E-state index contributed by atoms with van der Waals surface area (Å²) in [4.78, 5) is 30.8. The number of hydrogen-bond acceptors (Lipinski definition) is 7. The van der Waals surface area contributed by atoms with Crippen LogP contribution < -0.4 is 15.8 Å². The summed E-state index contributed by atoms with van der Waals surface area (Å²) in [6, 6.07) is 10.3. The topological polar surface area (TPSA) is 131 Å². The first kappa shape index (κ1) is 21.1. The quantitative estimate of drug-likeness (QED) is 0.736. The van der Waals surface area contributed by atoms with Crippen LogP contribution in [-0.2, 0) is 11.3 Å². The molecule has 1 aliphatic rings. The number of pyridine rings is 1. The summed E-state index contributed by atoms with van der Waals surface area (Å²) in [7, 11) is 0. The number of morpholine rings is 1. The number of carbonyl (C=O) groups excluding carboxylic acids is 2. The maximum atomic E-state index is 12.5. The van der Waals surface area contributed by atoms with Gasteiger partial charge in [0.1, 0.15) is 17.3 Å². The van der Waals surface area contributed by atoms with Gasteiger partial charge in [-0.1, -0.05) is 12.1 Å². The first-order valence-corrected chi connectivity index (χ1v) is 9.61. The van der Waals surface area contributed by atoms with Gasteiger partial charge in [-0.3, -0.25) is 9.59 Å². The molecular weight excluding hydrogens is 386 g/mol. The first-order chi connectivity index (χ1) is 14.5. The van der Waals surface area contributed by atoms with Gasteiger partial charge in [-0.15, -0.1) is 0 Å². The van der Waals surface area contributed by atoms with E-state index in [1.165, 1.54) is 6.07 Å². The van der Waals surface area contributed by atoms with Gasteiger partial charge < -0.3 is 25.4 Å². The van der Waals surface area contributed by atoms with Crippen molar-refractivity contribution in [2.45, 2.75) is 13.5 Å². The molecule has 0 aliphatic carbocycles. The molecule has 1 fully saturated rings. The number of rotatable bonds is 6. The van der Waals surface area contributed by atoms with E-state index >= 15 is 0 Å². The highest BCUT2D eigenvalue weighted by molar-refractivity contribution is 5.95. The van der Waals surface area contributed by atoms with Gasteiger partial charge in [-0.05, 0) is 30.7 Å². The zero-order valence-electron chi connectivity index (χ0n) is 16.7. The minimum atomic E-state index is -0.444. The van der Waals surface area contributed by atoms with E-state index < -0.39 is 5.91 Å². The van der Waals surface area contributed by atoms with Crippen molar-refractivity contribution in [3.63, 3.8) is 0 Å². The van der Waals surface area contributed by atoms with E-state index in [1.807, 2.05) is 6.07 Å². The van der Waals surface area contributed by atoms with Crippen molar-refractivity contribution in [2.24, 2.45) is 0 Å². The zero-order valence-corrected chi connectivity index (χ0v) is 16.7. The normalized spacial score (nSPS) is 13.4. The van der Waals surface area contributed by atoms with E-state index in [-0.39, 0.29) is 35.3 Å². The molecule has 0 atom stereocenters. The van der Waals surface area contributed by atoms with Gasteiger partial charge >= 0.3 is 0 Å². The number of hydrogen-bond donors (Lipinski definition) is 2. The standard InChI is InChI=1S/C21H23N5O4/c1-2-30-20-16(12-22)17(23)11-18(25-20)19(27)24-13-14-3-5-15(6-4-14)21(28)26-7-9-29-10-8-26/h3-6,11H,2,7-10,13H2,1H3,(H2,23,25)(H,24,27). The molecule has 9 heteroatoms. The lowest BCUT2D eigenvalue weighted by Gasteiger charge is -2.26. The van der Waals surface area contributed by atoms with E-state index in [0.717, 1.165) is 5.56 Å². The van der Waals surface area contributed by atoms with E-state index in [9.17, 15) is 9.59 Å². The second-order valence-corrected chi connectivity index (χ2v) is 6.61. The first-order valence-electron chi connectivity index (χ1n) is 9.61. The number of nitrogens with two attached hydrogens (primary N) is 1. The third-order valence-corrected chi connectivity index (χ3v) is 4.59. The number of nitrogens with one attached hydrogen (secondary N) is 1. The summed E-state index contributed by atoms with van der Waals surface area (Å²) in [5.74, 6) is -0.439. The van der Waals surface area contributed by atoms with Crippen molar-refractivity contribution < 1.29 is 19.1 Å². The monoisotopic (exact) mass is 409 g/mol. The second kappa shape index (κ2) is 9.71. The fourth-order valence-electron chi connectivity index (χ4n) is 3.00. The number of nitrogen functional groups attached to an aromatic ring is 1. The number of aromatic nitrogens is 1. The number of nitrogens with zero attached hydrogens (tertiary/aromatic N) is 3. The molecule has 2 heterocycles. The second-order valence-electron chi connectivity index (χ2n) is 6.61. The van der Waals surface area contributed by atoms with Crippen LogP contribution in [0.15, 0.2) is 30.3 Å². The molecule has 3 N–H and O–H groups in total. The van der Waals surface area contributed by atoms with Crippen molar-refractivity contribution in [3.8, 4) is 11.9 Å². The molecule has 1 aromatic carbocycles. The van der Waals surface area contributed by atoms with Gasteiger partial charge in [0.2, 0.25) is 5.88 Å². The third-order valence-electron chi connectivity index (χ3n) is 4.59. The molecule has 30 heavy (non-hydrogen) atoms. The number of ether oxygens (including phenoxy) is 2. The molecule has 1 aromatic heterocycles. The minimum absolute atomic E-state index is 0.0328. The maximum Gasteiger partial charge on any atom is 0.270 e. The summed E-state index contributed by atoms with van der Waals surface area (Å²) in [5, 5.41) is 11.9. The van der Waals surface area contributed by atoms with Crippen molar-refractivity contribution >= 4 is 17.5 Å². The SMILES string of the molecule is CCOc1nc(C(=O)NCc2ccc(C(=O)N3CCOCC3)cc2)cc(N)c1C#N. The minimum Gasteiger partial charge on any atom is -0.477 e. The van der Waals surface area contributed by atoms with Crippen LogP contribution in [0.1, 0.15) is 38.9 Å². The number of carbonyl (C=O) groups is 2. The summed E-state index contributed by atoms with van der Waals surface area (Å²) < 4.78 is 10.6. The molecule has 0 radical (unpaired) electrons. The highest BCUT2D eigenvalue weighted by atomic mass is 16.5. The van der Waals surface area contributed by atoms with Crippen LogP contribution in [0.5, 0.6) is 5.88 Å². The van der Waals surface area contributed by atoms with Crippen LogP contribution in [0, 0.1) is 11.3 Å². The summed E-state index contributed by atoms with van der Waals surface area (Å²) in [6.45, 7) is 4.56. The van der Waals surface area contributed by atoms with Gasteiger partial charge in [0.25, 0.3) is 11.8 Å². The van der Waals surface area contributed by atoms with Crippen molar-refractivity contribution in [1.82, 2.24) is 15.2 Å².